The van der Waals surface area contributed by atoms with Gasteiger partial charge in [0.05, 0.1) is 26.5 Å². The van der Waals surface area contributed by atoms with Crippen molar-refractivity contribution in [3.63, 3.8) is 0 Å². The van der Waals surface area contributed by atoms with E-state index in [4.69, 9.17) is 9.47 Å². The van der Waals surface area contributed by atoms with Gasteiger partial charge in [0, 0.05) is 18.9 Å². The topological polar surface area (TPSA) is 84.8 Å². The maximum atomic E-state index is 12.0. The molecule has 0 saturated heterocycles. The van der Waals surface area contributed by atoms with Crippen LogP contribution in [0.3, 0.4) is 0 Å². The average molecular weight is 319 g/mol. The number of carbonyl (C=O) groups excluding carboxylic acids is 1. The van der Waals surface area contributed by atoms with Gasteiger partial charge >= 0.3 is 6.03 Å². The first-order valence-electron chi connectivity index (χ1n) is 7.12. The summed E-state index contributed by atoms with van der Waals surface area (Å²) in [6, 6.07) is 8.38. The van der Waals surface area contributed by atoms with Crippen LogP contribution in [0.2, 0.25) is 0 Å². The van der Waals surface area contributed by atoms with Crippen LogP contribution in [-0.4, -0.2) is 36.5 Å². The minimum absolute atomic E-state index is 0.0932. The molecule has 2 aromatic rings. The van der Waals surface area contributed by atoms with Crippen molar-refractivity contribution in [1.29, 1.82) is 0 Å². The van der Waals surface area contributed by atoms with Gasteiger partial charge in [-0.1, -0.05) is 6.07 Å². The first kappa shape index (κ1) is 16.7. The van der Waals surface area contributed by atoms with Gasteiger partial charge in [0.2, 0.25) is 0 Å². The number of aryl methyl sites for hydroxylation is 1. The summed E-state index contributed by atoms with van der Waals surface area (Å²) < 4.78 is 12.2. The number of para-hydroxylation sites is 1. The molecule has 0 fully saturated rings. The highest BCUT2D eigenvalue weighted by Gasteiger charge is 2.14. The lowest BCUT2D eigenvalue weighted by atomic mass is 10.2. The number of ether oxygens (including phenoxy) is 2. The molecule has 7 heteroatoms. The third-order valence-electron chi connectivity index (χ3n) is 3.43. The molecule has 1 unspecified atom stereocenters. The Morgan fingerprint density at radius 1 is 1.26 bits per heavy atom. The van der Waals surface area contributed by atoms with Gasteiger partial charge in [0.1, 0.15) is 6.10 Å². The first-order chi connectivity index (χ1) is 11.1. The fraction of sp³-hybridized carbons (Fsp3) is 0.312. The van der Waals surface area contributed by atoms with Crippen LogP contribution in [0.15, 0.2) is 36.5 Å². The molecule has 2 amide bonds. The van der Waals surface area contributed by atoms with Gasteiger partial charge in [0.25, 0.3) is 0 Å². The smallest absolute Gasteiger partial charge is 0.319 e. The molecular formula is C16H21N3O4. The van der Waals surface area contributed by atoms with E-state index in [1.807, 2.05) is 19.3 Å². The Bertz CT molecular complexity index is 669. The number of aliphatic hydroxyl groups excluding tert-OH is 1. The summed E-state index contributed by atoms with van der Waals surface area (Å²) >= 11 is 0. The summed E-state index contributed by atoms with van der Waals surface area (Å²) in [5, 5.41) is 15.4. The summed E-state index contributed by atoms with van der Waals surface area (Å²) in [6.45, 7) is 0.0932. The summed E-state index contributed by atoms with van der Waals surface area (Å²) in [6.07, 6.45) is 1.05. The van der Waals surface area contributed by atoms with Crippen molar-refractivity contribution in [2.75, 3.05) is 26.1 Å². The Morgan fingerprint density at radius 3 is 2.65 bits per heavy atom. The van der Waals surface area contributed by atoms with Gasteiger partial charge in [-0.25, -0.2) is 4.79 Å². The third-order valence-corrected chi connectivity index (χ3v) is 3.43. The summed E-state index contributed by atoms with van der Waals surface area (Å²) in [7, 11) is 4.86. The fourth-order valence-electron chi connectivity index (χ4n) is 2.27. The highest BCUT2D eigenvalue weighted by Crippen LogP contribution is 2.34. The monoisotopic (exact) mass is 319 g/mol. The molecule has 2 rings (SSSR count). The van der Waals surface area contributed by atoms with Crippen LogP contribution in [0.25, 0.3) is 0 Å². The van der Waals surface area contributed by atoms with E-state index in [9.17, 15) is 9.90 Å². The van der Waals surface area contributed by atoms with Crippen LogP contribution < -0.4 is 20.1 Å². The number of hydrogen-bond acceptors (Lipinski definition) is 4. The second-order valence-corrected chi connectivity index (χ2v) is 4.94. The zero-order valence-corrected chi connectivity index (χ0v) is 13.4. The average Bonchev–Trinajstić information content (AvgIpc) is 2.98. The van der Waals surface area contributed by atoms with Crippen LogP contribution in [0.1, 0.15) is 11.8 Å². The second kappa shape index (κ2) is 7.55. The minimum Gasteiger partial charge on any atom is -0.493 e. The Kier molecular flexibility index (Phi) is 5.48. The van der Waals surface area contributed by atoms with E-state index >= 15 is 0 Å². The zero-order chi connectivity index (χ0) is 16.8. The number of nitrogens with one attached hydrogen (secondary N) is 2. The van der Waals surface area contributed by atoms with Gasteiger partial charge in [-0.3, -0.25) is 0 Å². The maximum absolute atomic E-state index is 12.0. The molecule has 0 aliphatic heterocycles. The number of hydrogen-bond donors (Lipinski definition) is 3. The van der Waals surface area contributed by atoms with E-state index in [0.29, 0.717) is 17.2 Å². The van der Waals surface area contributed by atoms with E-state index in [1.165, 1.54) is 14.2 Å². The Morgan fingerprint density at radius 2 is 2.04 bits per heavy atom. The first-order valence-corrected chi connectivity index (χ1v) is 7.12. The largest absolute Gasteiger partial charge is 0.493 e. The Labute approximate surface area is 134 Å². The number of anilines is 1. The van der Waals surface area contributed by atoms with Crippen LogP contribution in [0, 0.1) is 0 Å². The number of benzene rings is 1. The molecule has 0 aliphatic carbocycles. The lowest BCUT2D eigenvalue weighted by Crippen LogP contribution is -2.33. The molecule has 0 spiro atoms. The van der Waals surface area contributed by atoms with Gasteiger partial charge in [0.15, 0.2) is 11.5 Å². The summed E-state index contributed by atoms with van der Waals surface area (Å²) in [5.41, 5.74) is 1.21. The van der Waals surface area contributed by atoms with Gasteiger partial charge in [-0.05, 0) is 24.3 Å². The van der Waals surface area contributed by atoms with Gasteiger partial charge in [-0.15, -0.1) is 0 Å². The number of aromatic nitrogens is 1. The molecule has 0 radical (unpaired) electrons. The standard InChI is InChI=1S/C16H21N3O4/c1-19-9-5-7-12(19)13(20)10-17-16(21)18-11-6-4-8-14(22-2)15(11)23-3/h4-9,13,20H,10H2,1-3H3,(H2,17,18,21). The van der Waals surface area contributed by atoms with Crippen LogP contribution in [0.4, 0.5) is 10.5 Å². The Balaban J connectivity index is 1.96. The summed E-state index contributed by atoms with van der Waals surface area (Å²) in [4.78, 5) is 12.0. The normalized spacial score (nSPS) is 11.7. The molecule has 0 aliphatic rings. The van der Waals surface area contributed by atoms with Crippen molar-refractivity contribution < 1.29 is 19.4 Å². The predicted octanol–water partition coefficient (Wildman–Crippen LogP) is 1.90. The highest BCUT2D eigenvalue weighted by atomic mass is 16.5. The molecule has 0 saturated carbocycles. The van der Waals surface area contributed by atoms with E-state index in [1.54, 1.807) is 28.8 Å². The van der Waals surface area contributed by atoms with Gasteiger partial charge < -0.3 is 29.8 Å². The van der Waals surface area contributed by atoms with Crippen molar-refractivity contribution >= 4 is 11.7 Å². The molecule has 1 heterocycles. The number of aliphatic hydroxyl groups is 1. The Hall–Kier alpha value is -2.67. The predicted molar refractivity (Wildman–Crippen MR) is 86.9 cm³/mol. The van der Waals surface area contributed by atoms with Crippen LogP contribution >= 0.6 is 0 Å². The molecule has 23 heavy (non-hydrogen) atoms. The van der Waals surface area contributed by atoms with E-state index in [-0.39, 0.29) is 6.54 Å². The van der Waals surface area contributed by atoms with Crippen LogP contribution in [0.5, 0.6) is 11.5 Å². The minimum atomic E-state index is -0.784. The van der Waals surface area contributed by atoms with Crippen molar-refractivity contribution in [2.24, 2.45) is 7.05 Å². The molecule has 0 bridgehead atoms. The highest BCUT2D eigenvalue weighted by molar-refractivity contribution is 5.91. The van der Waals surface area contributed by atoms with E-state index < -0.39 is 12.1 Å². The number of amides is 2. The molecule has 1 aromatic heterocycles. The molecular weight excluding hydrogens is 298 g/mol. The third kappa shape index (κ3) is 3.95. The number of methoxy groups -OCH3 is 2. The van der Waals surface area contributed by atoms with Crippen molar-refractivity contribution in [3.8, 4) is 11.5 Å². The van der Waals surface area contributed by atoms with Crippen molar-refractivity contribution in [3.05, 3.63) is 42.2 Å². The fourth-order valence-corrected chi connectivity index (χ4v) is 2.27. The molecule has 3 N–H and O–H groups in total. The molecule has 7 nitrogen and oxygen atoms in total. The molecule has 124 valence electrons. The number of urea groups is 1. The maximum Gasteiger partial charge on any atom is 0.319 e. The quantitative estimate of drug-likeness (QED) is 0.759. The number of nitrogens with zero attached hydrogens (tertiary/aromatic N) is 1. The zero-order valence-electron chi connectivity index (χ0n) is 13.4. The van der Waals surface area contributed by atoms with Gasteiger partial charge in [-0.2, -0.15) is 0 Å². The lowest BCUT2D eigenvalue weighted by molar-refractivity contribution is 0.167. The van der Waals surface area contributed by atoms with E-state index in [2.05, 4.69) is 10.6 Å². The molecule has 1 aromatic carbocycles. The SMILES string of the molecule is COc1cccc(NC(=O)NCC(O)c2cccn2C)c1OC. The van der Waals surface area contributed by atoms with Crippen molar-refractivity contribution in [2.45, 2.75) is 6.10 Å². The lowest BCUT2D eigenvalue weighted by Gasteiger charge is -2.16. The molecule has 1 atom stereocenters. The van der Waals surface area contributed by atoms with Crippen molar-refractivity contribution in [1.82, 2.24) is 9.88 Å². The summed E-state index contributed by atoms with van der Waals surface area (Å²) in [5.74, 6) is 0.960. The van der Waals surface area contributed by atoms with Crippen LogP contribution in [-0.2, 0) is 7.05 Å². The number of carbonyl (C=O) groups is 1. The van der Waals surface area contributed by atoms with E-state index in [0.717, 1.165) is 5.69 Å². The number of rotatable bonds is 6. The second-order valence-electron chi connectivity index (χ2n) is 4.94.